The number of allylic oxidation sites excluding steroid dienone is 1. The molecule has 184 valence electrons. The first-order chi connectivity index (χ1) is 17.4. The Morgan fingerprint density at radius 2 is 1.89 bits per heavy atom. The van der Waals surface area contributed by atoms with Gasteiger partial charge in [-0.3, -0.25) is 4.79 Å². The van der Waals surface area contributed by atoms with Crippen molar-refractivity contribution in [2.75, 3.05) is 0 Å². The molecule has 1 aromatic heterocycles. The highest BCUT2D eigenvalue weighted by Crippen LogP contribution is 2.55. The normalized spacial score (nSPS) is 24.5. The zero-order chi connectivity index (χ0) is 25.1. The second kappa shape index (κ2) is 9.21. The topological polar surface area (TPSA) is 65.5 Å². The first-order valence-corrected chi connectivity index (χ1v) is 14.0. The van der Waals surface area contributed by atoms with Crippen LogP contribution in [0.15, 0.2) is 52.7 Å². The lowest BCUT2D eigenvalue weighted by Crippen LogP contribution is -2.29. The molecule has 4 atom stereocenters. The summed E-state index contributed by atoms with van der Waals surface area (Å²) in [6.07, 6.45) is 2.17. The third kappa shape index (κ3) is 3.88. The van der Waals surface area contributed by atoms with Crippen LogP contribution in [0.3, 0.4) is 0 Å². The number of thiazole rings is 1. The van der Waals surface area contributed by atoms with Crippen LogP contribution >= 0.6 is 38.9 Å². The molecule has 2 fully saturated rings. The van der Waals surface area contributed by atoms with Crippen molar-refractivity contribution in [1.82, 2.24) is 4.98 Å². The molecule has 6 rings (SSSR count). The molecule has 2 aromatic carbocycles. The van der Waals surface area contributed by atoms with E-state index >= 15 is 0 Å². The van der Waals surface area contributed by atoms with Gasteiger partial charge in [0.2, 0.25) is 0 Å². The first kappa shape index (κ1) is 24.0. The van der Waals surface area contributed by atoms with Gasteiger partial charge in [-0.25, -0.2) is 9.78 Å². The zero-order valence-corrected chi connectivity index (χ0v) is 22.9. The summed E-state index contributed by atoms with van der Waals surface area (Å²) in [7, 11) is 0. The van der Waals surface area contributed by atoms with Crippen molar-refractivity contribution in [3.63, 3.8) is 0 Å². The maximum Gasteiger partial charge on any atom is 0.343 e. The van der Waals surface area contributed by atoms with Crippen molar-refractivity contribution >= 4 is 56.2 Å². The molecule has 3 aromatic rings. The maximum atomic E-state index is 13.9. The SMILES string of the molecule is CCc1sc(-c2ccc(Br)cc2C)nc1C1=C(OC(=O)c2ccc(Cl)cc2)[C@@H]2[C@H](C1=O)[C@@H]1CC[C@H]2O1. The fourth-order valence-electron chi connectivity index (χ4n) is 5.66. The number of carbonyl (C=O) groups is 2. The van der Waals surface area contributed by atoms with Crippen LogP contribution in [0.5, 0.6) is 0 Å². The standard InChI is InChI=1S/C28H23BrClNO4S/c1-3-20-24(31-27(36-20)17-9-6-15(29)12-13(17)2)23-25(32)21-18-10-11-19(34-18)22(21)26(23)35-28(33)14-4-7-16(30)8-5-14/h4-9,12,18-19,21-22H,3,10-11H2,1-2H3/t18-,19+,21+,22-/m0/s1. The molecule has 0 unspecified atom stereocenters. The first-order valence-electron chi connectivity index (χ1n) is 12.0. The van der Waals surface area contributed by atoms with Crippen LogP contribution in [0.1, 0.15) is 46.3 Å². The van der Waals surface area contributed by atoms with Gasteiger partial charge in [-0.1, -0.05) is 40.5 Å². The number of nitrogens with zero attached hydrogens (tertiary/aromatic N) is 1. The van der Waals surface area contributed by atoms with E-state index in [2.05, 4.69) is 28.9 Å². The van der Waals surface area contributed by atoms with Gasteiger partial charge in [0.25, 0.3) is 0 Å². The third-order valence-electron chi connectivity index (χ3n) is 7.33. The summed E-state index contributed by atoms with van der Waals surface area (Å²) in [5, 5.41) is 1.39. The van der Waals surface area contributed by atoms with Crippen LogP contribution in [0, 0.1) is 18.8 Å². The molecular weight excluding hydrogens is 562 g/mol. The van der Waals surface area contributed by atoms with Gasteiger partial charge in [0.15, 0.2) is 5.78 Å². The molecule has 2 bridgehead atoms. The molecule has 5 nitrogen and oxygen atoms in total. The van der Waals surface area contributed by atoms with Gasteiger partial charge in [-0.15, -0.1) is 11.3 Å². The van der Waals surface area contributed by atoms with Gasteiger partial charge >= 0.3 is 5.97 Å². The summed E-state index contributed by atoms with van der Waals surface area (Å²) in [5.41, 5.74) is 3.58. The Bertz CT molecular complexity index is 1430. The van der Waals surface area contributed by atoms with E-state index in [1.54, 1.807) is 35.6 Å². The van der Waals surface area contributed by atoms with Gasteiger partial charge < -0.3 is 9.47 Å². The number of ether oxygens (including phenoxy) is 2. The minimum Gasteiger partial charge on any atom is -0.426 e. The molecule has 0 radical (unpaired) electrons. The Morgan fingerprint density at radius 1 is 1.17 bits per heavy atom. The number of benzene rings is 2. The number of aromatic nitrogens is 1. The number of ketones is 1. The van der Waals surface area contributed by atoms with E-state index in [4.69, 9.17) is 26.1 Å². The van der Waals surface area contributed by atoms with Crippen molar-refractivity contribution in [3.8, 4) is 10.6 Å². The third-order valence-corrected chi connectivity index (χ3v) is 9.31. The monoisotopic (exact) mass is 583 g/mol. The number of carbonyl (C=O) groups excluding carboxylic acids is 2. The lowest BCUT2D eigenvalue weighted by Gasteiger charge is -2.21. The number of hydrogen-bond donors (Lipinski definition) is 0. The molecule has 0 spiro atoms. The fraction of sp³-hybridized carbons (Fsp3) is 0.321. The Kier molecular flexibility index (Phi) is 6.15. The maximum absolute atomic E-state index is 13.9. The molecule has 3 heterocycles. The van der Waals surface area contributed by atoms with Gasteiger partial charge in [-0.2, -0.15) is 0 Å². The Hall–Kier alpha value is -2.32. The van der Waals surface area contributed by atoms with Crippen LogP contribution in [-0.4, -0.2) is 28.9 Å². The molecule has 0 saturated carbocycles. The van der Waals surface area contributed by atoms with Crippen molar-refractivity contribution in [2.45, 2.75) is 45.3 Å². The fourth-order valence-corrected chi connectivity index (χ4v) is 7.36. The summed E-state index contributed by atoms with van der Waals surface area (Å²) in [6.45, 7) is 4.10. The molecule has 8 heteroatoms. The molecule has 0 amide bonds. The minimum absolute atomic E-state index is 0.0230. The van der Waals surface area contributed by atoms with E-state index in [0.29, 0.717) is 27.6 Å². The number of esters is 1. The summed E-state index contributed by atoms with van der Waals surface area (Å²) in [5.74, 6) is -0.697. The van der Waals surface area contributed by atoms with Crippen molar-refractivity contribution < 1.29 is 19.1 Å². The van der Waals surface area contributed by atoms with E-state index in [-0.39, 0.29) is 29.8 Å². The number of hydrogen-bond acceptors (Lipinski definition) is 6. The highest BCUT2D eigenvalue weighted by Gasteiger charge is 2.60. The molecule has 2 saturated heterocycles. The number of aryl methyl sites for hydroxylation is 2. The van der Waals surface area contributed by atoms with Crippen LogP contribution < -0.4 is 0 Å². The Balaban J connectivity index is 1.47. The summed E-state index contributed by atoms with van der Waals surface area (Å²) in [6, 6.07) is 12.7. The lowest BCUT2D eigenvalue weighted by molar-refractivity contribution is -0.118. The molecule has 2 aliphatic heterocycles. The predicted octanol–water partition coefficient (Wildman–Crippen LogP) is 7.04. The highest BCUT2D eigenvalue weighted by atomic mass is 79.9. The van der Waals surface area contributed by atoms with Crippen LogP contribution in [0.4, 0.5) is 0 Å². The summed E-state index contributed by atoms with van der Waals surface area (Å²) >= 11 is 11.1. The lowest BCUT2D eigenvalue weighted by atomic mass is 9.80. The number of rotatable bonds is 5. The predicted molar refractivity (Wildman–Crippen MR) is 143 cm³/mol. The molecular formula is C28H23BrClNO4S. The smallest absolute Gasteiger partial charge is 0.343 e. The van der Waals surface area contributed by atoms with E-state index in [1.165, 1.54) is 0 Å². The van der Waals surface area contributed by atoms with Crippen molar-refractivity contribution in [2.24, 2.45) is 11.8 Å². The average molecular weight is 585 g/mol. The quantitative estimate of drug-likeness (QED) is 0.301. The zero-order valence-electron chi connectivity index (χ0n) is 19.7. The molecule has 0 N–H and O–H groups in total. The minimum atomic E-state index is -0.507. The van der Waals surface area contributed by atoms with E-state index in [9.17, 15) is 9.59 Å². The van der Waals surface area contributed by atoms with Crippen LogP contribution in [0.2, 0.25) is 5.02 Å². The van der Waals surface area contributed by atoms with Crippen molar-refractivity contribution in [1.29, 1.82) is 0 Å². The molecule has 1 aliphatic carbocycles. The van der Waals surface area contributed by atoms with E-state index in [0.717, 1.165) is 44.7 Å². The number of Topliss-reactive ketones (excluding diaryl/α,β-unsaturated/α-hetero) is 1. The highest BCUT2D eigenvalue weighted by molar-refractivity contribution is 9.10. The van der Waals surface area contributed by atoms with E-state index < -0.39 is 5.97 Å². The summed E-state index contributed by atoms with van der Waals surface area (Å²) < 4.78 is 13.2. The number of fused-ring (bicyclic) bond motifs is 5. The average Bonchev–Trinajstić information content (AvgIpc) is 3.62. The summed E-state index contributed by atoms with van der Waals surface area (Å²) in [4.78, 5) is 33.1. The van der Waals surface area contributed by atoms with Crippen LogP contribution in [0.25, 0.3) is 16.1 Å². The van der Waals surface area contributed by atoms with Gasteiger partial charge in [-0.05, 0) is 68.1 Å². The van der Waals surface area contributed by atoms with Crippen LogP contribution in [-0.2, 0) is 20.7 Å². The molecule has 3 aliphatic rings. The Labute approximate surface area is 226 Å². The van der Waals surface area contributed by atoms with Gasteiger partial charge in [0.05, 0.1) is 40.9 Å². The Morgan fingerprint density at radius 3 is 2.58 bits per heavy atom. The van der Waals surface area contributed by atoms with Gasteiger partial charge in [0, 0.05) is 19.9 Å². The molecule has 36 heavy (non-hydrogen) atoms. The number of halogens is 2. The van der Waals surface area contributed by atoms with Crippen molar-refractivity contribution in [3.05, 3.63) is 79.4 Å². The van der Waals surface area contributed by atoms with Gasteiger partial charge in [0.1, 0.15) is 10.8 Å². The largest absolute Gasteiger partial charge is 0.426 e. The second-order valence-electron chi connectivity index (χ2n) is 9.45. The van der Waals surface area contributed by atoms with E-state index in [1.807, 2.05) is 19.1 Å². The second-order valence-corrected chi connectivity index (χ2v) is 11.9.